The third kappa shape index (κ3) is 9.00. The Morgan fingerprint density at radius 2 is 1.77 bits per heavy atom. The molecule has 0 unspecified atom stereocenters. The second kappa shape index (κ2) is 7.72. The zero-order valence-electron chi connectivity index (χ0n) is 8.02. The van der Waals surface area contributed by atoms with E-state index in [4.69, 9.17) is 5.11 Å². The summed E-state index contributed by atoms with van der Waals surface area (Å²) in [5.74, 6) is -2.14. The molecule has 1 aliphatic heterocycles. The van der Waals surface area contributed by atoms with Gasteiger partial charge in [-0.15, -0.1) is 0 Å². The third-order valence-corrected chi connectivity index (χ3v) is 0.731. The second-order valence-electron chi connectivity index (χ2n) is 1.62. The number of carboxylic acids is 1. The summed E-state index contributed by atoms with van der Waals surface area (Å²) in [5.41, 5.74) is 0. The van der Waals surface area contributed by atoms with Crippen molar-refractivity contribution in [3.8, 4) is 0 Å². The first-order valence-corrected chi connectivity index (χ1v) is 2.85. The molecule has 66 valence electrons. The Kier molecular flexibility index (Phi) is 8.68. The van der Waals surface area contributed by atoms with Gasteiger partial charge in [-0.2, -0.15) is 0 Å². The molecule has 0 amide bonds. The molecular weight excluding hydrogens is 187 g/mol. The van der Waals surface area contributed by atoms with E-state index in [1.54, 1.807) is 0 Å². The van der Waals surface area contributed by atoms with Crippen molar-refractivity contribution >= 4 is 17.9 Å². The first kappa shape index (κ1) is 14.6. The number of hydrogen-bond acceptors (Lipinski definition) is 4. The summed E-state index contributed by atoms with van der Waals surface area (Å²) in [5, 5.41) is 7.60. The van der Waals surface area contributed by atoms with Crippen LogP contribution in [-0.2, 0) is 19.1 Å². The summed E-state index contributed by atoms with van der Waals surface area (Å²) in [4.78, 5) is 29.1. The summed E-state index contributed by atoms with van der Waals surface area (Å²) in [6, 6.07) is 0. The number of esters is 2. The van der Waals surface area contributed by atoms with E-state index in [0.29, 0.717) is 0 Å². The average molecular weight is 194 g/mol. The molecular formula is C7H7NaO5. The van der Waals surface area contributed by atoms with Crippen LogP contribution < -0.4 is 29.6 Å². The van der Waals surface area contributed by atoms with E-state index >= 15 is 0 Å². The standard InChI is InChI=1S/C4H2O3.C3H4O2.Na.H/c5-3-1-2-4(6)7-3;1-2-3(4)5;;/h1-2H;2H,1H2,(H,4,5);;/q;;+1;-1. The quantitative estimate of drug-likeness (QED) is 0.208. The van der Waals surface area contributed by atoms with Crippen LogP contribution in [0.4, 0.5) is 0 Å². The summed E-state index contributed by atoms with van der Waals surface area (Å²) in [6.45, 7) is 2.96. The number of carbonyl (C=O) groups excluding carboxylic acids is 2. The van der Waals surface area contributed by atoms with Crippen molar-refractivity contribution in [1.29, 1.82) is 0 Å². The predicted octanol–water partition coefficient (Wildman–Crippen LogP) is -3.00. The van der Waals surface area contributed by atoms with Crippen LogP contribution in [0.25, 0.3) is 0 Å². The van der Waals surface area contributed by atoms with Crippen molar-refractivity contribution in [2.45, 2.75) is 0 Å². The Labute approximate surface area is 97.8 Å². The van der Waals surface area contributed by atoms with Crippen molar-refractivity contribution in [3.63, 3.8) is 0 Å². The molecule has 0 radical (unpaired) electrons. The fourth-order valence-electron chi connectivity index (χ4n) is 0.303. The van der Waals surface area contributed by atoms with Gasteiger partial charge in [0.05, 0.1) is 0 Å². The smallest absolute Gasteiger partial charge is 1.00 e. The summed E-state index contributed by atoms with van der Waals surface area (Å²) in [6.07, 6.45) is 3.00. The van der Waals surface area contributed by atoms with Crippen LogP contribution in [0.3, 0.4) is 0 Å². The SMILES string of the molecule is C=CC(=O)O.O=C1C=CC(=O)O1.[H-].[Na+]. The minimum atomic E-state index is -0.981. The Morgan fingerprint density at radius 1 is 1.46 bits per heavy atom. The number of cyclic esters (lactones) is 2. The number of rotatable bonds is 1. The van der Waals surface area contributed by atoms with Gasteiger partial charge in [0.25, 0.3) is 0 Å². The molecule has 1 N–H and O–H groups in total. The van der Waals surface area contributed by atoms with E-state index in [9.17, 15) is 14.4 Å². The van der Waals surface area contributed by atoms with Gasteiger partial charge in [0.15, 0.2) is 0 Å². The molecule has 0 bridgehead atoms. The van der Waals surface area contributed by atoms with Crippen LogP contribution in [0.5, 0.6) is 0 Å². The second-order valence-corrected chi connectivity index (χ2v) is 1.62. The minimum Gasteiger partial charge on any atom is -1.00 e. The largest absolute Gasteiger partial charge is 1.00 e. The van der Waals surface area contributed by atoms with Crippen molar-refractivity contribution in [2.75, 3.05) is 0 Å². The Hall–Kier alpha value is -0.910. The van der Waals surface area contributed by atoms with Gasteiger partial charge in [-0.3, -0.25) is 0 Å². The van der Waals surface area contributed by atoms with Crippen LogP contribution in [0.1, 0.15) is 1.43 Å². The molecule has 0 fully saturated rings. The number of aliphatic carboxylic acids is 1. The van der Waals surface area contributed by atoms with Crippen LogP contribution in [0.15, 0.2) is 24.8 Å². The van der Waals surface area contributed by atoms with Crippen molar-refractivity contribution in [2.24, 2.45) is 0 Å². The van der Waals surface area contributed by atoms with Crippen molar-refractivity contribution < 1.29 is 55.2 Å². The maximum atomic E-state index is 9.92. The number of hydrogen-bond donors (Lipinski definition) is 1. The van der Waals surface area contributed by atoms with Gasteiger partial charge in [-0.1, -0.05) is 6.58 Å². The van der Waals surface area contributed by atoms with Gasteiger partial charge in [-0.25, -0.2) is 14.4 Å². The monoisotopic (exact) mass is 194 g/mol. The molecule has 0 saturated carbocycles. The van der Waals surface area contributed by atoms with Gasteiger partial charge in [0.2, 0.25) is 0 Å². The first-order chi connectivity index (χ1) is 5.56. The normalized spacial score (nSPS) is 12.0. The fraction of sp³-hybridized carbons (Fsp3) is 0. The predicted molar refractivity (Wildman–Crippen MR) is 39.2 cm³/mol. The van der Waals surface area contributed by atoms with E-state index in [1.165, 1.54) is 0 Å². The van der Waals surface area contributed by atoms with Crippen LogP contribution in [0.2, 0.25) is 0 Å². The minimum absolute atomic E-state index is 0. The van der Waals surface area contributed by atoms with Crippen LogP contribution in [-0.4, -0.2) is 23.0 Å². The summed E-state index contributed by atoms with van der Waals surface area (Å²) >= 11 is 0. The first-order valence-electron chi connectivity index (χ1n) is 2.85. The van der Waals surface area contributed by atoms with E-state index in [1.807, 2.05) is 0 Å². The number of ether oxygens (including phenoxy) is 1. The average Bonchev–Trinajstić information content (AvgIpc) is 2.36. The Bertz CT molecular complexity index is 245. The zero-order chi connectivity index (χ0) is 9.56. The molecule has 1 heterocycles. The van der Waals surface area contributed by atoms with E-state index in [2.05, 4.69) is 11.3 Å². The van der Waals surface area contributed by atoms with Gasteiger partial charge in [0, 0.05) is 18.2 Å². The molecule has 0 spiro atoms. The molecule has 6 heteroatoms. The van der Waals surface area contributed by atoms with Gasteiger partial charge in [-0.05, 0) is 0 Å². The van der Waals surface area contributed by atoms with E-state index < -0.39 is 17.9 Å². The topological polar surface area (TPSA) is 80.7 Å². The molecule has 1 rings (SSSR count). The third-order valence-electron chi connectivity index (χ3n) is 0.731. The fourth-order valence-corrected chi connectivity index (χ4v) is 0.303. The van der Waals surface area contributed by atoms with Gasteiger partial charge < -0.3 is 11.3 Å². The van der Waals surface area contributed by atoms with Gasteiger partial charge in [0.1, 0.15) is 0 Å². The van der Waals surface area contributed by atoms with Crippen LogP contribution >= 0.6 is 0 Å². The molecule has 0 aromatic rings. The molecule has 5 nitrogen and oxygen atoms in total. The Balaban J connectivity index is -0.000000159. The summed E-state index contributed by atoms with van der Waals surface area (Å²) in [7, 11) is 0. The maximum absolute atomic E-state index is 9.92. The molecule has 0 saturated heterocycles. The zero-order valence-corrected chi connectivity index (χ0v) is 9.02. The Morgan fingerprint density at radius 3 is 1.85 bits per heavy atom. The van der Waals surface area contributed by atoms with Crippen molar-refractivity contribution in [3.05, 3.63) is 24.8 Å². The maximum Gasteiger partial charge on any atom is 1.00 e. The van der Waals surface area contributed by atoms with E-state index in [0.717, 1.165) is 18.2 Å². The molecule has 0 aromatic heterocycles. The number of carbonyl (C=O) groups is 3. The van der Waals surface area contributed by atoms with Crippen LogP contribution in [0, 0.1) is 0 Å². The van der Waals surface area contributed by atoms with Crippen molar-refractivity contribution in [1.82, 2.24) is 0 Å². The molecule has 0 aliphatic carbocycles. The number of carboxylic acid groups (broad SMARTS) is 1. The molecule has 13 heavy (non-hydrogen) atoms. The van der Waals surface area contributed by atoms with Gasteiger partial charge >= 0.3 is 47.5 Å². The van der Waals surface area contributed by atoms with E-state index in [-0.39, 0.29) is 31.0 Å². The summed E-state index contributed by atoms with van der Waals surface area (Å²) < 4.78 is 3.97. The molecule has 1 aliphatic rings. The molecule has 0 aromatic carbocycles. The molecule has 0 atom stereocenters.